The number of nitrogens with zero attached hydrogens (tertiary/aromatic N) is 2. The molecular formula is C25H27F3N2O4. The maximum Gasteiger partial charge on any atom is 0.419 e. The topological polar surface area (TPSA) is 84.8 Å². The molecule has 182 valence electrons. The van der Waals surface area contributed by atoms with Crippen molar-refractivity contribution < 1.29 is 32.5 Å². The van der Waals surface area contributed by atoms with Gasteiger partial charge < -0.3 is 14.6 Å². The first-order chi connectivity index (χ1) is 15.9. The van der Waals surface area contributed by atoms with E-state index >= 15 is 0 Å². The largest absolute Gasteiger partial charge is 0.459 e. The molecule has 2 bridgehead atoms. The summed E-state index contributed by atoms with van der Waals surface area (Å²) in [5.74, 6) is 0.262. The Hall–Kier alpha value is -2.26. The number of rotatable bonds is 3. The standard InChI is InChI=1S/C25H27F3N2O4/c1-11-7-23-12(2)5-16-17(22(16,3)4)15(19(23)32)6-13(18(31)24(23)20(11)34-24)10-33-21-29-8-14(9-30-21)25(26,27)28/h6-9,12,15-18,20,31H,5,10H2,1-4H3/t12-,15+,16-,17+,18-,20+,23+,24+/m1/s1. The lowest BCUT2D eigenvalue weighted by molar-refractivity contribution is -0.139. The number of hydrogen-bond acceptors (Lipinski definition) is 6. The van der Waals surface area contributed by atoms with Crippen LogP contribution in [0.5, 0.6) is 6.01 Å². The molecule has 6 nitrogen and oxygen atoms in total. The number of carbonyl (C=O) groups excluding carboxylic acids is 1. The Labute approximate surface area is 195 Å². The third-order valence-corrected chi connectivity index (χ3v) is 9.26. The number of aliphatic hydroxyl groups is 1. The number of carbonyl (C=O) groups is 1. The number of halogens is 3. The Balaban J connectivity index is 1.37. The summed E-state index contributed by atoms with van der Waals surface area (Å²) in [6, 6.07) is -0.226. The summed E-state index contributed by atoms with van der Waals surface area (Å²) in [6.07, 6.45) is 0.134. The molecule has 9 heteroatoms. The molecule has 0 unspecified atom stereocenters. The molecule has 0 aromatic carbocycles. The first-order valence-corrected chi connectivity index (χ1v) is 11.7. The summed E-state index contributed by atoms with van der Waals surface area (Å²) in [6.45, 7) is 8.25. The van der Waals surface area contributed by atoms with E-state index in [1.807, 2.05) is 19.1 Å². The number of alkyl halides is 3. The van der Waals surface area contributed by atoms with Gasteiger partial charge in [0.2, 0.25) is 0 Å². The van der Waals surface area contributed by atoms with Gasteiger partial charge in [0.05, 0.1) is 11.0 Å². The molecule has 0 radical (unpaired) electrons. The van der Waals surface area contributed by atoms with Crippen LogP contribution in [0, 0.1) is 34.5 Å². The molecule has 5 aliphatic rings. The van der Waals surface area contributed by atoms with Crippen LogP contribution in [0.1, 0.15) is 39.7 Å². The van der Waals surface area contributed by atoms with Crippen LogP contribution in [-0.2, 0) is 15.7 Å². The molecule has 3 fully saturated rings. The van der Waals surface area contributed by atoms with Crippen LogP contribution in [0.25, 0.3) is 0 Å². The second kappa shape index (κ2) is 6.49. The van der Waals surface area contributed by atoms with Crippen LogP contribution in [0.15, 0.2) is 35.7 Å². The fourth-order valence-corrected chi connectivity index (χ4v) is 7.47. The summed E-state index contributed by atoms with van der Waals surface area (Å²) >= 11 is 0. The van der Waals surface area contributed by atoms with Crippen molar-refractivity contribution >= 4 is 5.78 Å². The number of fused-ring (bicyclic) bond motifs is 3. The van der Waals surface area contributed by atoms with E-state index < -0.39 is 34.8 Å². The van der Waals surface area contributed by atoms with Gasteiger partial charge in [-0.05, 0) is 47.7 Å². The number of hydrogen-bond donors (Lipinski definition) is 1. The number of aliphatic hydroxyl groups excluding tert-OH is 1. The summed E-state index contributed by atoms with van der Waals surface area (Å²) in [5.41, 5.74) is -1.47. The van der Waals surface area contributed by atoms with Gasteiger partial charge in [0.1, 0.15) is 24.4 Å². The van der Waals surface area contributed by atoms with Gasteiger partial charge in [0.15, 0.2) is 5.78 Å². The highest BCUT2D eigenvalue weighted by molar-refractivity contribution is 5.96. The Kier molecular flexibility index (Phi) is 4.24. The van der Waals surface area contributed by atoms with Gasteiger partial charge in [-0.2, -0.15) is 13.2 Å². The molecular weight excluding hydrogens is 449 g/mol. The van der Waals surface area contributed by atoms with E-state index in [1.165, 1.54) is 0 Å². The van der Waals surface area contributed by atoms with Crippen LogP contribution in [0.2, 0.25) is 0 Å². The van der Waals surface area contributed by atoms with Gasteiger partial charge in [0, 0.05) is 18.3 Å². The number of Topliss-reactive ketones (excluding diaryl/α,β-unsaturated/α-hetero) is 1. The van der Waals surface area contributed by atoms with Crippen molar-refractivity contribution in [1.29, 1.82) is 0 Å². The van der Waals surface area contributed by atoms with E-state index in [9.17, 15) is 23.1 Å². The van der Waals surface area contributed by atoms with Crippen molar-refractivity contribution in [3.63, 3.8) is 0 Å². The van der Waals surface area contributed by atoms with Crippen LogP contribution in [0.3, 0.4) is 0 Å². The van der Waals surface area contributed by atoms with Crippen LogP contribution >= 0.6 is 0 Å². The summed E-state index contributed by atoms with van der Waals surface area (Å²) in [5, 5.41) is 11.6. The van der Waals surface area contributed by atoms with E-state index in [0.29, 0.717) is 23.9 Å². The molecule has 34 heavy (non-hydrogen) atoms. The Morgan fingerprint density at radius 1 is 1.26 bits per heavy atom. The van der Waals surface area contributed by atoms with E-state index in [1.54, 1.807) is 0 Å². The number of ketones is 1. The molecule has 1 aromatic heterocycles. The highest BCUT2D eigenvalue weighted by atomic mass is 19.4. The third-order valence-electron chi connectivity index (χ3n) is 9.26. The lowest BCUT2D eigenvalue weighted by Gasteiger charge is -2.40. The van der Waals surface area contributed by atoms with Gasteiger partial charge in [-0.1, -0.05) is 32.9 Å². The predicted molar refractivity (Wildman–Crippen MR) is 113 cm³/mol. The second-order valence-corrected chi connectivity index (χ2v) is 11.2. The second-order valence-electron chi connectivity index (χ2n) is 11.2. The number of ether oxygens (including phenoxy) is 2. The van der Waals surface area contributed by atoms with Crippen molar-refractivity contribution in [3.05, 3.63) is 41.3 Å². The average Bonchev–Trinajstić information content (AvgIpc) is 3.62. The molecule has 1 saturated heterocycles. The van der Waals surface area contributed by atoms with Crippen LogP contribution in [-0.4, -0.2) is 45.3 Å². The van der Waals surface area contributed by atoms with E-state index in [4.69, 9.17) is 9.47 Å². The predicted octanol–water partition coefficient (Wildman–Crippen LogP) is 3.76. The van der Waals surface area contributed by atoms with Crippen molar-refractivity contribution in [2.75, 3.05) is 6.61 Å². The molecule has 1 N–H and O–H groups in total. The maximum absolute atomic E-state index is 14.2. The minimum absolute atomic E-state index is 0.00305. The van der Waals surface area contributed by atoms with E-state index in [2.05, 4.69) is 30.7 Å². The Bertz CT molecular complexity index is 1140. The normalized spacial score (nSPS) is 43.5. The van der Waals surface area contributed by atoms with Crippen LogP contribution in [0.4, 0.5) is 13.2 Å². The lowest BCUT2D eigenvalue weighted by Crippen LogP contribution is -2.54. The molecule has 2 spiro atoms. The molecule has 0 amide bonds. The Morgan fingerprint density at radius 2 is 1.94 bits per heavy atom. The third kappa shape index (κ3) is 2.57. The quantitative estimate of drug-likeness (QED) is 0.528. The molecule has 6 rings (SSSR count). The summed E-state index contributed by atoms with van der Waals surface area (Å²) < 4.78 is 50.2. The SMILES string of the molecule is CC1=C[C@]23C(=O)[C@@H](C=C(COc4ncc(C(F)(F)F)cn4)[C@@H](O)[C@@]24O[C@@H]14)[C@H]1[C@@H](C[C@H]3C)C1(C)C. The monoisotopic (exact) mass is 476 g/mol. The lowest BCUT2D eigenvalue weighted by atomic mass is 9.61. The highest BCUT2D eigenvalue weighted by Gasteiger charge is 2.83. The van der Waals surface area contributed by atoms with Crippen molar-refractivity contribution in [3.8, 4) is 6.01 Å². The molecule has 2 heterocycles. The van der Waals surface area contributed by atoms with Gasteiger partial charge >= 0.3 is 12.2 Å². The fraction of sp³-hybridized carbons (Fsp3) is 0.640. The summed E-state index contributed by atoms with van der Waals surface area (Å²) in [7, 11) is 0. The number of aromatic nitrogens is 2. The van der Waals surface area contributed by atoms with Crippen molar-refractivity contribution in [2.24, 2.45) is 34.5 Å². The van der Waals surface area contributed by atoms with E-state index in [0.717, 1.165) is 12.0 Å². The maximum atomic E-state index is 14.2. The fourth-order valence-electron chi connectivity index (χ4n) is 7.47. The zero-order chi connectivity index (χ0) is 24.4. The zero-order valence-electron chi connectivity index (χ0n) is 19.4. The first kappa shape index (κ1) is 22.2. The van der Waals surface area contributed by atoms with Gasteiger partial charge in [-0.3, -0.25) is 4.79 Å². The molecule has 2 saturated carbocycles. The van der Waals surface area contributed by atoms with Crippen molar-refractivity contribution in [2.45, 2.75) is 58.1 Å². The zero-order valence-corrected chi connectivity index (χ0v) is 19.4. The summed E-state index contributed by atoms with van der Waals surface area (Å²) in [4.78, 5) is 21.5. The Morgan fingerprint density at radius 3 is 2.56 bits per heavy atom. The molecule has 1 aromatic rings. The smallest absolute Gasteiger partial charge is 0.419 e. The molecule has 4 aliphatic carbocycles. The average molecular weight is 476 g/mol. The minimum atomic E-state index is -4.54. The highest BCUT2D eigenvalue weighted by Crippen LogP contribution is 2.75. The van der Waals surface area contributed by atoms with Crippen molar-refractivity contribution in [1.82, 2.24) is 9.97 Å². The number of epoxide rings is 1. The van der Waals surface area contributed by atoms with Gasteiger partial charge in [-0.25, -0.2) is 9.97 Å². The first-order valence-electron chi connectivity index (χ1n) is 11.7. The number of allylic oxidation sites excluding steroid dienone is 1. The van der Waals surface area contributed by atoms with E-state index in [-0.39, 0.29) is 41.8 Å². The minimum Gasteiger partial charge on any atom is -0.459 e. The van der Waals surface area contributed by atoms with Gasteiger partial charge in [-0.15, -0.1) is 0 Å². The van der Waals surface area contributed by atoms with Crippen LogP contribution < -0.4 is 4.74 Å². The van der Waals surface area contributed by atoms with Gasteiger partial charge in [0.25, 0.3) is 0 Å². The molecule has 8 atom stereocenters. The molecule has 1 aliphatic heterocycles.